The Labute approximate surface area is 110 Å². The average molecular weight is 276 g/mol. The third-order valence-corrected chi connectivity index (χ3v) is 4.81. The van der Waals surface area contributed by atoms with Crippen molar-refractivity contribution in [1.29, 1.82) is 0 Å². The molecule has 0 saturated carbocycles. The summed E-state index contributed by atoms with van der Waals surface area (Å²) in [5.41, 5.74) is 0. The van der Waals surface area contributed by atoms with E-state index in [1.165, 1.54) is 4.90 Å². The van der Waals surface area contributed by atoms with E-state index < -0.39 is 12.1 Å². The highest BCUT2D eigenvalue weighted by Gasteiger charge is 2.47. The Morgan fingerprint density at radius 3 is 2.58 bits per heavy atom. The number of nitrogens with one attached hydrogen (secondary N) is 1. The van der Waals surface area contributed by atoms with Gasteiger partial charge in [0, 0.05) is 25.2 Å². The predicted molar refractivity (Wildman–Crippen MR) is 63.4 cm³/mol. The van der Waals surface area contributed by atoms with Gasteiger partial charge in [-0.3, -0.25) is 4.79 Å². The standard InChI is InChI=1S/C13H19F3N2O/c14-13(15,16)8-2-1-5-18(7-8)12(19)10-6-9-3-4-11(10)17-9/h8-11,17H,1-7H2. The van der Waals surface area contributed by atoms with Gasteiger partial charge >= 0.3 is 6.18 Å². The summed E-state index contributed by atoms with van der Waals surface area (Å²) >= 11 is 0. The quantitative estimate of drug-likeness (QED) is 0.793. The molecular weight excluding hydrogens is 257 g/mol. The first kappa shape index (κ1) is 13.2. The average Bonchev–Trinajstić information content (AvgIpc) is 2.99. The molecule has 3 rings (SSSR count). The van der Waals surface area contributed by atoms with Crippen molar-refractivity contribution in [2.24, 2.45) is 11.8 Å². The lowest BCUT2D eigenvalue weighted by atomic mass is 9.87. The van der Waals surface area contributed by atoms with E-state index in [1.807, 2.05) is 0 Å². The number of nitrogens with zero attached hydrogens (tertiary/aromatic N) is 1. The number of amides is 1. The molecule has 0 aliphatic carbocycles. The first-order valence-electron chi connectivity index (χ1n) is 7.06. The number of halogens is 3. The minimum atomic E-state index is -4.17. The summed E-state index contributed by atoms with van der Waals surface area (Å²) in [5.74, 6) is -1.49. The minimum absolute atomic E-state index is 0.0614. The lowest BCUT2D eigenvalue weighted by molar-refractivity contribution is -0.188. The Bertz CT molecular complexity index is 371. The molecule has 3 aliphatic heterocycles. The van der Waals surface area contributed by atoms with Crippen molar-refractivity contribution in [3.63, 3.8) is 0 Å². The molecule has 0 aromatic rings. The molecule has 3 aliphatic rings. The fraction of sp³-hybridized carbons (Fsp3) is 0.923. The molecule has 0 spiro atoms. The molecular formula is C13H19F3N2O. The van der Waals surface area contributed by atoms with Crippen molar-refractivity contribution in [2.75, 3.05) is 13.1 Å². The highest BCUT2D eigenvalue weighted by atomic mass is 19.4. The number of hydrogen-bond donors (Lipinski definition) is 1. The van der Waals surface area contributed by atoms with Crippen molar-refractivity contribution in [2.45, 2.75) is 50.4 Å². The zero-order valence-electron chi connectivity index (χ0n) is 10.7. The molecule has 0 aromatic heterocycles. The topological polar surface area (TPSA) is 32.3 Å². The molecule has 0 radical (unpaired) electrons. The van der Waals surface area contributed by atoms with E-state index in [0.717, 1.165) is 19.3 Å². The maximum Gasteiger partial charge on any atom is 0.393 e. The summed E-state index contributed by atoms with van der Waals surface area (Å²) in [7, 11) is 0. The van der Waals surface area contributed by atoms with Gasteiger partial charge in [0.2, 0.25) is 5.91 Å². The summed E-state index contributed by atoms with van der Waals surface area (Å²) in [6.45, 7) is 0.343. The maximum atomic E-state index is 12.8. The monoisotopic (exact) mass is 276 g/mol. The first-order valence-corrected chi connectivity index (χ1v) is 7.06. The lowest BCUT2D eigenvalue weighted by Crippen LogP contribution is -2.48. The van der Waals surface area contributed by atoms with Crippen LogP contribution in [0.2, 0.25) is 0 Å². The lowest BCUT2D eigenvalue weighted by Gasteiger charge is -2.36. The molecule has 108 valence electrons. The van der Waals surface area contributed by atoms with E-state index >= 15 is 0 Å². The van der Waals surface area contributed by atoms with E-state index in [1.54, 1.807) is 0 Å². The van der Waals surface area contributed by atoms with Crippen molar-refractivity contribution in [1.82, 2.24) is 10.2 Å². The molecule has 6 heteroatoms. The molecule has 3 nitrogen and oxygen atoms in total. The SMILES string of the molecule is O=C(C1CC2CCC1N2)N1CCCC(C(F)(F)F)C1. The van der Waals surface area contributed by atoms with Crippen molar-refractivity contribution >= 4 is 5.91 Å². The first-order chi connectivity index (χ1) is 8.95. The second kappa shape index (κ2) is 4.65. The van der Waals surface area contributed by atoms with E-state index in [4.69, 9.17) is 0 Å². The van der Waals surface area contributed by atoms with Crippen LogP contribution >= 0.6 is 0 Å². The molecule has 2 bridgehead atoms. The number of hydrogen-bond acceptors (Lipinski definition) is 2. The van der Waals surface area contributed by atoms with Crippen molar-refractivity contribution < 1.29 is 18.0 Å². The van der Waals surface area contributed by atoms with Crippen LogP contribution in [0, 0.1) is 11.8 Å². The summed E-state index contributed by atoms with van der Waals surface area (Å²) in [6, 6.07) is 0.603. The smallest absolute Gasteiger partial charge is 0.342 e. The maximum absolute atomic E-state index is 12.8. The van der Waals surface area contributed by atoms with Gasteiger partial charge in [-0.05, 0) is 32.1 Å². The highest BCUT2D eigenvalue weighted by molar-refractivity contribution is 5.80. The molecule has 1 amide bonds. The van der Waals surface area contributed by atoms with Crippen LogP contribution in [0.15, 0.2) is 0 Å². The Morgan fingerprint density at radius 2 is 2.00 bits per heavy atom. The normalized spacial score (nSPS) is 38.8. The van der Waals surface area contributed by atoms with Crippen LogP contribution in [-0.2, 0) is 4.79 Å². The highest BCUT2D eigenvalue weighted by Crippen LogP contribution is 2.37. The molecule has 1 N–H and O–H groups in total. The van der Waals surface area contributed by atoms with Gasteiger partial charge in [-0.25, -0.2) is 0 Å². The van der Waals surface area contributed by atoms with Crippen LogP contribution in [-0.4, -0.2) is 42.2 Å². The Morgan fingerprint density at radius 1 is 1.21 bits per heavy atom. The van der Waals surface area contributed by atoms with Gasteiger partial charge in [0.05, 0.1) is 11.8 Å². The van der Waals surface area contributed by atoms with E-state index in [0.29, 0.717) is 19.0 Å². The minimum Gasteiger partial charge on any atom is -0.342 e. The second-order valence-corrected chi connectivity index (χ2v) is 6.05. The number of piperidine rings is 1. The fourth-order valence-electron chi connectivity index (χ4n) is 3.78. The summed E-state index contributed by atoms with van der Waals surface area (Å²) in [6.07, 6.45) is -0.674. The summed E-state index contributed by atoms with van der Waals surface area (Å²) < 4.78 is 38.3. The summed E-state index contributed by atoms with van der Waals surface area (Å²) in [4.78, 5) is 13.8. The van der Waals surface area contributed by atoms with Crippen LogP contribution in [0.5, 0.6) is 0 Å². The van der Waals surface area contributed by atoms with Gasteiger partial charge in [-0.15, -0.1) is 0 Å². The molecule has 4 atom stereocenters. The Hall–Kier alpha value is -0.780. The number of alkyl halides is 3. The number of fused-ring (bicyclic) bond motifs is 2. The molecule has 0 aromatic carbocycles. The van der Waals surface area contributed by atoms with Crippen molar-refractivity contribution in [3.05, 3.63) is 0 Å². The molecule has 3 heterocycles. The van der Waals surface area contributed by atoms with Crippen LogP contribution in [0.4, 0.5) is 13.2 Å². The van der Waals surface area contributed by atoms with Gasteiger partial charge in [-0.2, -0.15) is 13.2 Å². The Balaban J connectivity index is 1.64. The Kier molecular flexibility index (Phi) is 3.23. The van der Waals surface area contributed by atoms with Crippen molar-refractivity contribution in [3.8, 4) is 0 Å². The second-order valence-electron chi connectivity index (χ2n) is 6.05. The van der Waals surface area contributed by atoms with Crippen LogP contribution in [0.1, 0.15) is 32.1 Å². The van der Waals surface area contributed by atoms with Crippen LogP contribution in [0.3, 0.4) is 0 Å². The van der Waals surface area contributed by atoms with Gasteiger partial charge in [-0.1, -0.05) is 0 Å². The third-order valence-electron chi connectivity index (χ3n) is 4.81. The zero-order valence-corrected chi connectivity index (χ0v) is 10.7. The van der Waals surface area contributed by atoms with Gasteiger partial charge in [0.1, 0.15) is 0 Å². The largest absolute Gasteiger partial charge is 0.393 e. The van der Waals surface area contributed by atoms with E-state index in [-0.39, 0.29) is 30.8 Å². The van der Waals surface area contributed by atoms with Crippen LogP contribution < -0.4 is 5.32 Å². The molecule has 19 heavy (non-hydrogen) atoms. The van der Waals surface area contributed by atoms with Gasteiger partial charge in [0.25, 0.3) is 0 Å². The molecule has 3 saturated heterocycles. The van der Waals surface area contributed by atoms with Crippen LogP contribution in [0.25, 0.3) is 0 Å². The van der Waals surface area contributed by atoms with Gasteiger partial charge < -0.3 is 10.2 Å². The summed E-state index contributed by atoms with van der Waals surface area (Å²) in [5, 5.41) is 3.37. The number of rotatable bonds is 1. The third kappa shape index (κ3) is 2.47. The fourth-order valence-corrected chi connectivity index (χ4v) is 3.78. The molecule has 4 unspecified atom stereocenters. The van der Waals surface area contributed by atoms with Gasteiger partial charge in [0.15, 0.2) is 0 Å². The van der Waals surface area contributed by atoms with E-state index in [9.17, 15) is 18.0 Å². The number of carbonyl (C=O) groups is 1. The predicted octanol–water partition coefficient (Wildman–Crippen LogP) is 1.93. The van der Waals surface area contributed by atoms with E-state index in [2.05, 4.69) is 5.32 Å². The number of carbonyl (C=O) groups excluding carboxylic acids is 1. The zero-order chi connectivity index (χ0) is 13.6. The molecule has 3 fully saturated rings. The number of likely N-dealkylation sites (tertiary alicyclic amines) is 1.